The predicted molar refractivity (Wildman–Crippen MR) is 97.9 cm³/mol. The number of ether oxygens (including phenoxy) is 1. The highest BCUT2D eigenvalue weighted by Gasteiger charge is 2.21. The summed E-state index contributed by atoms with van der Waals surface area (Å²) in [4.78, 5) is 8.70. The lowest BCUT2D eigenvalue weighted by Gasteiger charge is -2.26. The lowest BCUT2D eigenvalue weighted by atomic mass is 10.1. The van der Waals surface area contributed by atoms with Crippen molar-refractivity contribution in [1.82, 2.24) is 25.4 Å². The number of aromatic nitrogens is 3. The molecule has 1 aliphatic heterocycles. The Labute approximate surface area is 152 Å². The first-order chi connectivity index (χ1) is 12.5. The number of nitrogens with one attached hydrogen (secondary N) is 2. The van der Waals surface area contributed by atoms with Gasteiger partial charge in [0, 0.05) is 25.6 Å². The van der Waals surface area contributed by atoms with Crippen molar-refractivity contribution in [2.24, 2.45) is 4.99 Å². The molecular weight excluding hydrogens is 335 g/mol. The summed E-state index contributed by atoms with van der Waals surface area (Å²) in [5.74, 6) is 2.78. The zero-order chi connectivity index (χ0) is 18.5. The smallest absolute Gasteiger partial charge is 0.191 e. The van der Waals surface area contributed by atoms with Crippen LogP contribution in [0.3, 0.4) is 0 Å². The van der Waals surface area contributed by atoms with Gasteiger partial charge in [0.05, 0.1) is 13.1 Å². The fourth-order valence-corrected chi connectivity index (χ4v) is 2.99. The van der Waals surface area contributed by atoms with Gasteiger partial charge in [-0.25, -0.2) is 14.1 Å². The molecule has 0 bridgehead atoms. The summed E-state index contributed by atoms with van der Waals surface area (Å²) in [7, 11) is 1.74. The number of hydrogen-bond donors (Lipinski definition) is 2. The first-order valence-corrected chi connectivity index (χ1v) is 8.83. The quantitative estimate of drug-likeness (QED) is 0.627. The van der Waals surface area contributed by atoms with Crippen molar-refractivity contribution in [3.63, 3.8) is 0 Å². The van der Waals surface area contributed by atoms with E-state index >= 15 is 0 Å². The van der Waals surface area contributed by atoms with Crippen LogP contribution in [0.15, 0.2) is 29.3 Å². The minimum atomic E-state index is -0.305. The van der Waals surface area contributed by atoms with Gasteiger partial charge in [-0.05, 0) is 32.4 Å². The zero-order valence-corrected chi connectivity index (χ0v) is 15.4. The second-order valence-corrected chi connectivity index (χ2v) is 6.48. The maximum Gasteiger partial charge on any atom is 0.191 e. The van der Waals surface area contributed by atoms with Crippen LogP contribution < -0.4 is 15.4 Å². The Balaban J connectivity index is 1.47. The van der Waals surface area contributed by atoms with E-state index in [-0.39, 0.29) is 18.0 Å². The monoisotopic (exact) mass is 360 g/mol. The Morgan fingerprint density at radius 1 is 1.50 bits per heavy atom. The maximum absolute atomic E-state index is 13.2. The van der Waals surface area contributed by atoms with Crippen LogP contribution >= 0.6 is 0 Å². The molecule has 3 rings (SSSR count). The van der Waals surface area contributed by atoms with E-state index in [2.05, 4.69) is 25.7 Å². The third-order valence-corrected chi connectivity index (χ3v) is 4.22. The summed E-state index contributed by atoms with van der Waals surface area (Å²) in [5, 5.41) is 11.1. The summed E-state index contributed by atoms with van der Waals surface area (Å²) in [6.45, 7) is 5.16. The summed E-state index contributed by atoms with van der Waals surface area (Å²) in [6, 6.07) is 6.40. The van der Waals surface area contributed by atoms with Crippen LogP contribution in [-0.2, 0) is 13.0 Å². The molecule has 0 aliphatic carbocycles. The van der Waals surface area contributed by atoms with Gasteiger partial charge in [-0.1, -0.05) is 6.07 Å². The molecule has 140 valence electrons. The Morgan fingerprint density at radius 3 is 3.12 bits per heavy atom. The molecule has 7 nitrogen and oxygen atoms in total. The highest BCUT2D eigenvalue weighted by atomic mass is 19.1. The Hall–Kier alpha value is -2.64. The summed E-state index contributed by atoms with van der Waals surface area (Å²) < 4.78 is 20.9. The summed E-state index contributed by atoms with van der Waals surface area (Å²) in [6.07, 6.45) is 1.74. The van der Waals surface area contributed by atoms with E-state index in [1.807, 2.05) is 18.5 Å². The van der Waals surface area contributed by atoms with E-state index in [0.29, 0.717) is 18.3 Å². The van der Waals surface area contributed by atoms with E-state index in [1.54, 1.807) is 19.2 Å². The SMILES string of the molecule is CN=C(NCC(C)Oc1cccc(F)c1)NC1CCc2nc(C)nn2C1. The molecule has 0 amide bonds. The first kappa shape index (κ1) is 18.2. The van der Waals surface area contributed by atoms with E-state index in [9.17, 15) is 4.39 Å². The molecule has 1 aromatic heterocycles. The van der Waals surface area contributed by atoms with Gasteiger partial charge in [0.1, 0.15) is 29.3 Å². The van der Waals surface area contributed by atoms with E-state index < -0.39 is 0 Å². The van der Waals surface area contributed by atoms with E-state index in [4.69, 9.17) is 4.74 Å². The molecule has 8 heteroatoms. The highest BCUT2D eigenvalue weighted by Crippen LogP contribution is 2.14. The molecule has 0 saturated carbocycles. The average molecular weight is 360 g/mol. The minimum Gasteiger partial charge on any atom is -0.489 e. The Morgan fingerprint density at radius 2 is 2.35 bits per heavy atom. The molecule has 0 fully saturated rings. The van der Waals surface area contributed by atoms with Crippen LogP contribution in [0.25, 0.3) is 0 Å². The number of fused-ring (bicyclic) bond motifs is 1. The van der Waals surface area contributed by atoms with Crippen LogP contribution in [0.4, 0.5) is 4.39 Å². The Kier molecular flexibility index (Phi) is 5.70. The third-order valence-electron chi connectivity index (χ3n) is 4.22. The normalized spacial score (nSPS) is 18.2. The van der Waals surface area contributed by atoms with Crippen LogP contribution in [0.5, 0.6) is 5.75 Å². The first-order valence-electron chi connectivity index (χ1n) is 8.83. The van der Waals surface area contributed by atoms with Gasteiger partial charge in [-0.3, -0.25) is 4.99 Å². The Bertz CT molecular complexity index is 775. The fraction of sp³-hybridized carbons (Fsp3) is 0.500. The number of halogens is 1. The van der Waals surface area contributed by atoms with Gasteiger partial charge >= 0.3 is 0 Å². The second kappa shape index (κ2) is 8.16. The topological polar surface area (TPSA) is 76.4 Å². The lowest BCUT2D eigenvalue weighted by Crippen LogP contribution is -2.48. The third kappa shape index (κ3) is 4.71. The molecular formula is C18H25FN6O. The summed E-state index contributed by atoms with van der Waals surface area (Å²) >= 11 is 0. The number of benzene rings is 1. The standard InChI is InChI=1S/C18H25FN6O/c1-12(26-16-6-4-5-14(19)9-16)10-21-18(20-3)23-15-7-8-17-22-13(2)24-25(17)11-15/h4-6,9,12,15H,7-8,10-11H2,1-3H3,(H2,20,21,23). The minimum absolute atomic E-state index is 0.133. The molecule has 2 heterocycles. The molecule has 26 heavy (non-hydrogen) atoms. The molecule has 0 spiro atoms. The van der Waals surface area contributed by atoms with Gasteiger partial charge in [-0.2, -0.15) is 5.10 Å². The van der Waals surface area contributed by atoms with Crippen LogP contribution in [0.2, 0.25) is 0 Å². The van der Waals surface area contributed by atoms with Crippen molar-refractivity contribution in [1.29, 1.82) is 0 Å². The van der Waals surface area contributed by atoms with Crippen LogP contribution in [0.1, 0.15) is 25.0 Å². The van der Waals surface area contributed by atoms with Crippen molar-refractivity contribution in [2.45, 2.75) is 45.4 Å². The van der Waals surface area contributed by atoms with Gasteiger partial charge in [0.2, 0.25) is 0 Å². The van der Waals surface area contributed by atoms with Crippen LogP contribution in [-0.4, -0.2) is 46.5 Å². The number of nitrogens with zero attached hydrogens (tertiary/aromatic N) is 4. The molecule has 0 radical (unpaired) electrons. The maximum atomic E-state index is 13.2. The predicted octanol–water partition coefficient (Wildman–Crippen LogP) is 1.67. The number of guanidine groups is 1. The van der Waals surface area contributed by atoms with Gasteiger partial charge in [0.25, 0.3) is 0 Å². The number of aryl methyl sites for hydroxylation is 2. The molecule has 2 N–H and O–H groups in total. The van der Waals surface area contributed by atoms with Crippen molar-refractivity contribution in [3.8, 4) is 5.75 Å². The highest BCUT2D eigenvalue weighted by molar-refractivity contribution is 5.80. The molecule has 1 aromatic carbocycles. The average Bonchev–Trinajstić information content (AvgIpc) is 2.97. The van der Waals surface area contributed by atoms with E-state index in [1.165, 1.54) is 12.1 Å². The van der Waals surface area contributed by atoms with Gasteiger partial charge in [-0.15, -0.1) is 0 Å². The van der Waals surface area contributed by atoms with Crippen LogP contribution in [0, 0.1) is 12.7 Å². The number of rotatable bonds is 5. The van der Waals surface area contributed by atoms with E-state index in [0.717, 1.165) is 31.0 Å². The van der Waals surface area contributed by atoms with Crippen molar-refractivity contribution < 1.29 is 9.13 Å². The molecule has 2 aromatic rings. The van der Waals surface area contributed by atoms with Crippen molar-refractivity contribution >= 4 is 5.96 Å². The van der Waals surface area contributed by atoms with Gasteiger partial charge < -0.3 is 15.4 Å². The number of hydrogen-bond acceptors (Lipinski definition) is 4. The van der Waals surface area contributed by atoms with Crippen molar-refractivity contribution in [2.75, 3.05) is 13.6 Å². The second-order valence-electron chi connectivity index (χ2n) is 6.48. The zero-order valence-electron chi connectivity index (χ0n) is 15.4. The van der Waals surface area contributed by atoms with Gasteiger partial charge in [0.15, 0.2) is 5.96 Å². The molecule has 2 atom stereocenters. The fourth-order valence-electron chi connectivity index (χ4n) is 2.99. The lowest BCUT2D eigenvalue weighted by molar-refractivity contribution is 0.222. The van der Waals surface area contributed by atoms with Crippen molar-refractivity contribution in [3.05, 3.63) is 41.7 Å². The largest absolute Gasteiger partial charge is 0.489 e. The molecule has 1 aliphatic rings. The summed E-state index contributed by atoms with van der Waals surface area (Å²) in [5.41, 5.74) is 0. The number of aliphatic imine (C=N–C) groups is 1. The molecule has 0 saturated heterocycles. The molecule has 2 unspecified atom stereocenters.